The molecule has 27 heavy (non-hydrogen) atoms. The third kappa shape index (κ3) is 3.22. The van der Waals surface area contributed by atoms with Gasteiger partial charge in [-0.1, -0.05) is 40.7 Å². The lowest BCUT2D eigenvalue weighted by molar-refractivity contribution is 0.302. The fraction of sp³-hybridized carbons (Fsp3) is 0.600. The van der Waals surface area contributed by atoms with Gasteiger partial charge in [0.25, 0.3) is 0 Å². The van der Waals surface area contributed by atoms with Gasteiger partial charge in [-0.3, -0.25) is 0 Å². The first-order chi connectivity index (χ1) is 12.8. The van der Waals surface area contributed by atoms with E-state index in [2.05, 4.69) is 52.8 Å². The van der Waals surface area contributed by atoms with Crippen LogP contribution in [0.2, 0.25) is 0 Å². The van der Waals surface area contributed by atoms with Crippen molar-refractivity contribution >= 4 is 0 Å². The molecule has 4 rings (SSSR count). The second kappa shape index (κ2) is 6.72. The normalized spacial score (nSPS) is 22.8. The lowest BCUT2D eigenvalue weighted by Gasteiger charge is -2.43. The van der Waals surface area contributed by atoms with Crippen LogP contribution >= 0.6 is 0 Å². The monoisotopic (exact) mass is 366 g/mol. The van der Waals surface area contributed by atoms with Crippen LogP contribution < -0.4 is 4.74 Å². The van der Waals surface area contributed by atoms with E-state index in [1.54, 1.807) is 0 Å². The summed E-state index contributed by atoms with van der Waals surface area (Å²) in [5.74, 6) is 2.66. The van der Waals surface area contributed by atoms with Crippen LogP contribution in [-0.2, 0) is 17.3 Å². The van der Waals surface area contributed by atoms with Crippen LogP contribution in [0.25, 0.3) is 0 Å². The number of furan rings is 1. The van der Waals surface area contributed by atoms with E-state index in [-0.39, 0.29) is 10.8 Å². The maximum atomic E-state index is 6.33. The van der Waals surface area contributed by atoms with Gasteiger partial charge in [0.2, 0.25) is 0 Å². The zero-order valence-electron chi connectivity index (χ0n) is 17.7. The second-order valence-electron chi connectivity index (χ2n) is 9.80. The number of aryl methyl sites for hydroxylation is 1. The van der Waals surface area contributed by atoms with Crippen molar-refractivity contribution in [3.63, 3.8) is 0 Å². The fourth-order valence-corrected chi connectivity index (χ4v) is 5.03. The summed E-state index contributed by atoms with van der Waals surface area (Å²) in [5, 5.41) is 0. The molecule has 1 unspecified atom stereocenters. The van der Waals surface area contributed by atoms with Crippen LogP contribution in [0.15, 0.2) is 28.9 Å². The summed E-state index contributed by atoms with van der Waals surface area (Å²) in [4.78, 5) is 0. The maximum Gasteiger partial charge on any atom is 0.123 e. The van der Waals surface area contributed by atoms with Crippen LogP contribution in [0.3, 0.4) is 0 Å². The summed E-state index contributed by atoms with van der Waals surface area (Å²) in [6.07, 6.45) is 8.79. The summed E-state index contributed by atoms with van der Waals surface area (Å²) in [7, 11) is 0. The molecule has 2 aromatic rings. The highest BCUT2D eigenvalue weighted by Crippen LogP contribution is 2.50. The minimum atomic E-state index is 0.209. The third-order valence-corrected chi connectivity index (χ3v) is 6.87. The Bertz CT molecular complexity index is 825. The Morgan fingerprint density at radius 3 is 2.44 bits per heavy atom. The minimum absolute atomic E-state index is 0.209. The van der Waals surface area contributed by atoms with E-state index in [4.69, 9.17) is 9.15 Å². The van der Waals surface area contributed by atoms with E-state index >= 15 is 0 Å². The number of rotatable bonds is 4. The molecule has 2 aliphatic carbocycles. The number of hydrogen-bond donors (Lipinski definition) is 0. The zero-order chi connectivity index (χ0) is 19.2. The highest BCUT2D eigenvalue weighted by atomic mass is 16.5. The molecular weight excluding hydrogens is 332 g/mol. The molecule has 0 saturated carbocycles. The van der Waals surface area contributed by atoms with Gasteiger partial charge >= 0.3 is 0 Å². The van der Waals surface area contributed by atoms with Gasteiger partial charge in [0.15, 0.2) is 0 Å². The molecule has 0 fully saturated rings. The summed E-state index contributed by atoms with van der Waals surface area (Å²) < 4.78 is 12.1. The van der Waals surface area contributed by atoms with Crippen LogP contribution in [0.1, 0.15) is 101 Å². The molecule has 1 heterocycles. The standard InChI is InChI=1S/C25H34O2/c1-6-13-26-23-16-21-20(24(2,3)11-12-25(21,4)5)15-19(23)17-8-7-9-22-18(17)10-14-27-22/h10,14-17H,6-9,11-13H2,1-5H3. The molecule has 2 nitrogen and oxygen atoms in total. The first kappa shape index (κ1) is 18.7. The molecule has 0 bridgehead atoms. The summed E-state index contributed by atoms with van der Waals surface area (Å²) in [5.41, 5.74) is 6.17. The Kier molecular flexibility index (Phi) is 4.64. The van der Waals surface area contributed by atoms with Gasteiger partial charge in [0.05, 0.1) is 12.9 Å². The summed E-state index contributed by atoms with van der Waals surface area (Å²) in [6.45, 7) is 12.5. The fourth-order valence-electron chi connectivity index (χ4n) is 5.03. The predicted molar refractivity (Wildman–Crippen MR) is 111 cm³/mol. The Hall–Kier alpha value is -1.70. The van der Waals surface area contributed by atoms with E-state index < -0.39 is 0 Å². The van der Waals surface area contributed by atoms with Crippen molar-refractivity contribution in [1.82, 2.24) is 0 Å². The van der Waals surface area contributed by atoms with Gasteiger partial charge in [-0.05, 0) is 66.2 Å². The molecule has 0 N–H and O–H groups in total. The number of hydrogen-bond acceptors (Lipinski definition) is 2. The van der Waals surface area contributed by atoms with Crippen LogP contribution in [0.4, 0.5) is 0 Å². The molecule has 0 radical (unpaired) electrons. The first-order valence-electron chi connectivity index (χ1n) is 10.7. The van der Waals surface area contributed by atoms with Crippen molar-refractivity contribution in [2.75, 3.05) is 6.61 Å². The molecule has 0 spiro atoms. The van der Waals surface area contributed by atoms with Gasteiger partial charge in [-0.15, -0.1) is 0 Å². The van der Waals surface area contributed by atoms with Crippen molar-refractivity contribution in [2.45, 2.75) is 89.9 Å². The molecule has 1 atom stereocenters. The molecule has 2 heteroatoms. The van der Waals surface area contributed by atoms with E-state index in [0.717, 1.165) is 25.2 Å². The lowest BCUT2D eigenvalue weighted by Crippen LogP contribution is -2.34. The molecule has 0 aliphatic heterocycles. The topological polar surface area (TPSA) is 22.4 Å². The average molecular weight is 367 g/mol. The lowest BCUT2D eigenvalue weighted by atomic mass is 9.62. The Labute approximate surface area is 164 Å². The van der Waals surface area contributed by atoms with Crippen molar-refractivity contribution in [3.8, 4) is 5.75 Å². The second-order valence-corrected chi connectivity index (χ2v) is 9.80. The molecular formula is C25H34O2. The average Bonchev–Trinajstić information content (AvgIpc) is 3.12. The Morgan fingerprint density at radius 2 is 1.74 bits per heavy atom. The first-order valence-corrected chi connectivity index (χ1v) is 10.7. The zero-order valence-corrected chi connectivity index (χ0v) is 17.7. The van der Waals surface area contributed by atoms with Crippen LogP contribution in [0.5, 0.6) is 5.75 Å². The molecule has 0 saturated heterocycles. The SMILES string of the molecule is CCCOc1cc2c(cc1C1CCCc3occc31)C(C)(C)CCC2(C)C. The molecule has 1 aromatic heterocycles. The van der Waals surface area contributed by atoms with Crippen LogP contribution in [0, 0.1) is 0 Å². The Morgan fingerprint density at radius 1 is 1.04 bits per heavy atom. The largest absolute Gasteiger partial charge is 0.493 e. The summed E-state index contributed by atoms with van der Waals surface area (Å²) >= 11 is 0. The van der Waals surface area contributed by atoms with E-state index in [9.17, 15) is 0 Å². The quantitative estimate of drug-likeness (QED) is 0.588. The number of ether oxygens (including phenoxy) is 1. The number of fused-ring (bicyclic) bond motifs is 2. The Balaban J connectivity index is 1.89. The maximum absolute atomic E-state index is 6.33. The van der Waals surface area contributed by atoms with Gasteiger partial charge in [0, 0.05) is 23.5 Å². The van der Waals surface area contributed by atoms with Crippen LogP contribution in [-0.4, -0.2) is 6.61 Å². The third-order valence-electron chi connectivity index (χ3n) is 6.87. The number of benzene rings is 1. The van der Waals surface area contributed by atoms with Crippen molar-refractivity contribution in [2.24, 2.45) is 0 Å². The van der Waals surface area contributed by atoms with Gasteiger partial charge < -0.3 is 9.15 Å². The van der Waals surface area contributed by atoms with Crippen molar-refractivity contribution in [1.29, 1.82) is 0 Å². The van der Waals surface area contributed by atoms with Gasteiger partial charge in [-0.2, -0.15) is 0 Å². The molecule has 1 aromatic carbocycles. The highest BCUT2D eigenvalue weighted by Gasteiger charge is 2.39. The smallest absolute Gasteiger partial charge is 0.123 e. The predicted octanol–water partition coefficient (Wildman–Crippen LogP) is 6.89. The van der Waals surface area contributed by atoms with E-state index in [0.29, 0.717) is 5.92 Å². The van der Waals surface area contributed by atoms with Gasteiger partial charge in [0.1, 0.15) is 11.5 Å². The van der Waals surface area contributed by atoms with E-state index in [1.807, 2.05) is 6.26 Å². The highest BCUT2D eigenvalue weighted by molar-refractivity contribution is 5.53. The van der Waals surface area contributed by atoms with E-state index in [1.165, 1.54) is 53.7 Å². The van der Waals surface area contributed by atoms with Crippen molar-refractivity contribution in [3.05, 3.63) is 52.5 Å². The van der Waals surface area contributed by atoms with Gasteiger partial charge in [-0.25, -0.2) is 0 Å². The molecule has 146 valence electrons. The molecule has 2 aliphatic rings. The van der Waals surface area contributed by atoms with Crippen molar-refractivity contribution < 1.29 is 9.15 Å². The minimum Gasteiger partial charge on any atom is -0.493 e. The molecule has 0 amide bonds. The summed E-state index contributed by atoms with van der Waals surface area (Å²) in [6, 6.07) is 7.06.